The van der Waals surface area contributed by atoms with E-state index in [2.05, 4.69) is 0 Å². The molecule has 26 heavy (non-hydrogen) atoms. The van der Waals surface area contributed by atoms with Gasteiger partial charge in [-0.15, -0.1) is 0 Å². The molecule has 8 nitrogen and oxygen atoms in total. The third-order valence-corrected chi connectivity index (χ3v) is 4.11. The molecule has 134 valence electrons. The molecular weight excluding hydrogens is 340 g/mol. The Bertz CT molecular complexity index is 895. The van der Waals surface area contributed by atoms with Crippen molar-refractivity contribution >= 4 is 28.8 Å². The van der Waals surface area contributed by atoms with Gasteiger partial charge in [-0.1, -0.05) is 12.1 Å². The van der Waals surface area contributed by atoms with Gasteiger partial charge in [0.15, 0.2) is 5.78 Å². The van der Waals surface area contributed by atoms with Crippen molar-refractivity contribution in [2.75, 3.05) is 18.6 Å². The number of para-hydroxylation sites is 2. The average molecular weight is 356 g/mol. The molecule has 1 atom stereocenters. The molecule has 0 fully saturated rings. The van der Waals surface area contributed by atoms with Crippen LogP contribution in [-0.4, -0.2) is 36.4 Å². The van der Waals surface area contributed by atoms with Crippen molar-refractivity contribution in [2.24, 2.45) is 0 Å². The number of nitro groups is 1. The fourth-order valence-corrected chi connectivity index (χ4v) is 2.83. The molecule has 0 bridgehead atoms. The average Bonchev–Trinajstić information content (AvgIpc) is 2.65. The van der Waals surface area contributed by atoms with Crippen LogP contribution in [0.5, 0.6) is 5.75 Å². The molecule has 0 unspecified atom stereocenters. The van der Waals surface area contributed by atoms with Crippen LogP contribution < -0.4 is 9.64 Å². The smallest absolute Gasteiger partial charge is 0.348 e. The van der Waals surface area contributed by atoms with Crippen molar-refractivity contribution in [3.63, 3.8) is 0 Å². The SMILES string of the molecule is COC(=O)[C@H]1CN(c2ccc(C(C)=O)cc2[N+](=O)[O-])c2ccccc2O1. The summed E-state index contributed by atoms with van der Waals surface area (Å²) >= 11 is 0. The van der Waals surface area contributed by atoms with Crippen molar-refractivity contribution in [3.05, 3.63) is 58.1 Å². The predicted molar refractivity (Wildman–Crippen MR) is 93.0 cm³/mol. The molecule has 1 aliphatic heterocycles. The molecule has 0 amide bonds. The van der Waals surface area contributed by atoms with Crippen LogP contribution in [0.2, 0.25) is 0 Å². The Kier molecular flexibility index (Phi) is 4.57. The lowest BCUT2D eigenvalue weighted by molar-refractivity contribution is -0.384. The Morgan fingerprint density at radius 2 is 1.96 bits per heavy atom. The number of benzene rings is 2. The summed E-state index contributed by atoms with van der Waals surface area (Å²) in [5.41, 5.74) is 0.875. The minimum atomic E-state index is -0.929. The second kappa shape index (κ2) is 6.83. The van der Waals surface area contributed by atoms with Crippen molar-refractivity contribution in [2.45, 2.75) is 13.0 Å². The van der Waals surface area contributed by atoms with E-state index in [1.165, 1.54) is 32.2 Å². The monoisotopic (exact) mass is 356 g/mol. The minimum Gasteiger partial charge on any atom is -0.475 e. The number of hydrogen-bond acceptors (Lipinski definition) is 7. The van der Waals surface area contributed by atoms with E-state index in [4.69, 9.17) is 9.47 Å². The van der Waals surface area contributed by atoms with Gasteiger partial charge in [-0.05, 0) is 31.2 Å². The Morgan fingerprint density at radius 3 is 2.62 bits per heavy atom. The number of nitrogens with zero attached hydrogens (tertiary/aromatic N) is 2. The number of Topliss-reactive ketones (excluding diaryl/α,β-unsaturated/α-hetero) is 1. The van der Waals surface area contributed by atoms with E-state index in [0.717, 1.165) is 0 Å². The molecule has 3 rings (SSSR count). The normalized spacial score (nSPS) is 15.6. The van der Waals surface area contributed by atoms with Crippen LogP contribution >= 0.6 is 0 Å². The molecule has 1 aliphatic rings. The standard InChI is InChI=1S/C18H16N2O6/c1-11(21)12-7-8-13(15(9-12)20(23)24)19-10-17(18(22)25-2)26-16-6-4-3-5-14(16)19/h3-9,17H,10H2,1-2H3/t17-/m1/s1. The lowest BCUT2D eigenvalue weighted by Crippen LogP contribution is -2.43. The topological polar surface area (TPSA) is 99.0 Å². The first kappa shape index (κ1) is 17.4. The second-order valence-electron chi connectivity index (χ2n) is 5.72. The van der Waals surface area contributed by atoms with Gasteiger partial charge in [0.1, 0.15) is 11.4 Å². The summed E-state index contributed by atoms with van der Waals surface area (Å²) in [6.45, 7) is 1.39. The first-order valence-corrected chi connectivity index (χ1v) is 7.82. The largest absolute Gasteiger partial charge is 0.475 e. The molecule has 0 saturated carbocycles. The lowest BCUT2D eigenvalue weighted by atomic mass is 10.1. The van der Waals surface area contributed by atoms with E-state index in [9.17, 15) is 19.7 Å². The van der Waals surface area contributed by atoms with E-state index in [1.807, 2.05) is 0 Å². The molecule has 0 saturated heterocycles. The number of ketones is 1. The maximum atomic E-state index is 12.0. The summed E-state index contributed by atoms with van der Waals surface area (Å²) in [6, 6.07) is 11.2. The van der Waals surface area contributed by atoms with Crippen LogP contribution in [-0.2, 0) is 9.53 Å². The summed E-state index contributed by atoms with van der Waals surface area (Å²) in [5.74, 6) is -0.430. The maximum Gasteiger partial charge on any atom is 0.348 e. The number of methoxy groups -OCH3 is 1. The highest BCUT2D eigenvalue weighted by Crippen LogP contribution is 2.42. The van der Waals surface area contributed by atoms with Gasteiger partial charge >= 0.3 is 5.97 Å². The first-order chi connectivity index (χ1) is 12.4. The van der Waals surface area contributed by atoms with Crippen LogP contribution in [0.15, 0.2) is 42.5 Å². The van der Waals surface area contributed by atoms with Gasteiger partial charge < -0.3 is 14.4 Å². The Hall–Kier alpha value is -3.42. The summed E-state index contributed by atoms with van der Waals surface area (Å²) in [4.78, 5) is 36.2. The Morgan fingerprint density at radius 1 is 1.23 bits per heavy atom. The number of esters is 1. The highest BCUT2D eigenvalue weighted by molar-refractivity contribution is 5.96. The first-order valence-electron chi connectivity index (χ1n) is 7.82. The van der Waals surface area contributed by atoms with Gasteiger partial charge in [0, 0.05) is 11.6 Å². The van der Waals surface area contributed by atoms with Crippen LogP contribution in [0.3, 0.4) is 0 Å². The third-order valence-electron chi connectivity index (χ3n) is 4.11. The minimum absolute atomic E-state index is 0.0456. The fraction of sp³-hybridized carbons (Fsp3) is 0.222. The molecule has 0 N–H and O–H groups in total. The zero-order chi connectivity index (χ0) is 18.8. The molecule has 0 spiro atoms. The molecule has 0 radical (unpaired) electrons. The van der Waals surface area contributed by atoms with Gasteiger partial charge in [-0.3, -0.25) is 14.9 Å². The molecule has 0 aliphatic carbocycles. The zero-order valence-electron chi connectivity index (χ0n) is 14.2. The summed E-state index contributed by atoms with van der Waals surface area (Å²) < 4.78 is 10.4. The molecule has 8 heteroatoms. The summed E-state index contributed by atoms with van der Waals surface area (Å²) in [5, 5.41) is 11.6. The number of carbonyl (C=O) groups is 2. The van der Waals surface area contributed by atoms with Gasteiger partial charge in [0.2, 0.25) is 6.10 Å². The van der Waals surface area contributed by atoms with E-state index in [1.54, 1.807) is 29.2 Å². The second-order valence-corrected chi connectivity index (χ2v) is 5.72. The molecule has 0 aromatic heterocycles. The maximum absolute atomic E-state index is 12.0. The van der Waals surface area contributed by atoms with Gasteiger partial charge in [-0.2, -0.15) is 0 Å². The van der Waals surface area contributed by atoms with Crippen LogP contribution in [0, 0.1) is 10.1 Å². The van der Waals surface area contributed by atoms with Crippen molar-refractivity contribution < 1.29 is 24.0 Å². The number of hydrogen-bond donors (Lipinski definition) is 0. The summed E-state index contributed by atoms with van der Waals surface area (Å²) in [6.07, 6.45) is -0.929. The van der Waals surface area contributed by atoms with Crippen molar-refractivity contribution in [3.8, 4) is 5.75 Å². The number of ether oxygens (including phenoxy) is 2. The highest BCUT2D eigenvalue weighted by Gasteiger charge is 2.34. The number of anilines is 2. The lowest BCUT2D eigenvalue weighted by Gasteiger charge is -2.34. The van der Waals surface area contributed by atoms with Crippen molar-refractivity contribution in [1.29, 1.82) is 0 Å². The van der Waals surface area contributed by atoms with Crippen molar-refractivity contribution in [1.82, 2.24) is 0 Å². The van der Waals surface area contributed by atoms with Crippen LogP contribution in [0.25, 0.3) is 0 Å². The molecule has 1 heterocycles. The van der Waals surface area contributed by atoms with Crippen LogP contribution in [0.4, 0.5) is 17.1 Å². The fourth-order valence-electron chi connectivity index (χ4n) is 2.83. The molecule has 2 aromatic carbocycles. The number of nitro benzene ring substituents is 1. The van der Waals surface area contributed by atoms with Crippen LogP contribution in [0.1, 0.15) is 17.3 Å². The van der Waals surface area contributed by atoms with E-state index >= 15 is 0 Å². The number of carbonyl (C=O) groups excluding carboxylic acids is 2. The number of fused-ring (bicyclic) bond motifs is 1. The quantitative estimate of drug-likeness (QED) is 0.359. The van der Waals surface area contributed by atoms with Gasteiger partial charge in [-0.25, -0.2) is 4.79 Å². The highest BCUT2D eigenvalue weighted by atomic mass is 16.6. The van der Waals surface area contributed by atoms with E-state index in [0.29, 0.717) is 11.4 Å². The third kappa shape index (κ3) is 3.08. The van der Waals surface area contributed by atoms with E-state index < -0.39 is 17.0 Å². The molecule has 2 aromatic rings. The molecular formula is C18H16N2O6. The Labute approximate surface area is 149 Å². The number of rotatable bonds is 4. The van der Waals surface area contributed by atoms with Gasteiger partial charge in [0.25, 0.3) is 5.69 Å². The van der Waals surface area contributed by atoms with Gasteiger partial charge in [0.05, 0.1) is 24.3 Å². The van der Waals surface area contributed by atoms with E-state index in [-0.39, 0.29) is 29.3 Å². The zero-order valence-corrected chi connectivity index (χ0v) is 14.2. The Balaban J connectivity index is 2.14. The summed E-state index contributed by atoms with van der Waals surface area (Å²) in [7, 11) is 1.25. The predicted octanol–water partition coefficient (Wildman–Crippen LogP) is 2.87.